The number of hydrogen-bond acceptors (Lipinski definition) is 4. The number of benzene rings is 1. The van der Waals surface area contributed by atoms with Gasteiger partial charge in [-0.3, -0.25) is 9.69 Å². The average Bonchev–Trinajstić information content (AvgIpc) is 2.72. The summed E-state index contributed by atoms with van der Waals surface area (Å²) in [4.78, 5) is 26.4. The predicted octanol–water partition coefficient (Wildman–Crippen LogP) is 1.98. The molecule has 2 rings (SSSR count). The molecule has 1 aliphatic heterocycles. The van der Waals surface area contributed by atoms with Crippen molar-refractivity contribution >= 4 is 11.9 Å². The number of urea groups is 1. The van der Waals surface area contributed by atoms with Crippen LogP contribution in [0.15, 0.2) is 24.3 Å². The highest BCUT2D eigenvalue weighted by Gasteiger charge is 2.51. The van der Waals surface area contributed by atoms with E-state index in [4.69, 9.17) is 10.5 Å². The molecule has 0 spiro atoms. The van der Waals surface area contributed by atoms with E-state index in [1.54, 1.807) is 13.8 Å². The van der Waals surface area contributed by atoms with E-state index in [-0.39, 0.29) is 12.5 Å². The van der Waals surface area contributed by atoms with E-state index in [9.17, 15) is 9.59 Å². The number of amides is 3. The highest BCUT2D eigenvalue weighted by atomic mass is 16.5. The van der Waals surface area contributed by atoms with Crippen LogP contribution < -0.4 is 15.8 Å². The van der Waals surface area contributed by atoms with E-state index in [0.29, 0.717) is 13.0 Å². The molecule has 1 heterocycles. The summed E-state index contributed by atoms with van der Waals surface area (Å²) in [6, 6.07) is 6.87. The lowest BCUT2D eigenvalue weighted by atomic mass is 9.87. The summed E-state index contributed by atoms with van der Waals surface area (Å²) in [6.07, 6.45) is 0.465. The van der Waals surface area contributed by atoms with Crippen molar-refractivity contribution in [1.29, 1.82) is 0 Å². The van der Waals surface area contributed by atoms with Crippen LogP contribution in [0.4, 0.5) is 4.79 Å². The van der Waals surface area contributed by atoms with Crippen LogP contribution in [0.25, 0.3) is 0 Å². The number of nitrogens with zero attached hydrogens (tertiary/aromatic N) is 1. The first-order chi connectivity index (χ1) is 10.7. The third-order valence-corrected chi connectivity index (χ3v) is 3.93. The molecular formula is C17H25N3O3. The van der Waals surface area contributed by atoms with Gasteiger partial charge in [0.25, 0.3) is 5.91 Å². The van der Waals surface area contributed by atoms with Gasteiger partial charge in [-0.2, -0.15) is 0 Å². The lowest BCUT2D eigenvalue weighted by Gasteiger charge is -2.28. The second-order valence-electron chi connectivity index (χ2n) is 6.53. The zero-order chi connectivity index (χ0) is 17.3. The number of nitrogens with two attached hydrogens (primary N) is 1. The molecule has 1 fully saturated rings. The van der Waals surface area contributed by atoms with Gasteiger partial charge >= 0.3 is 6.03 Å². The lowest BCUT2D eigenvalue weighted by Crippen LogP contribution is -2.49. The van der Waals surface area contributed by atoms with Gasteiger partial charge in [-0.15, -0.1) is 0 Å². The number of carbonyl (C=O) groups is 2. The minimum Gasteiger partial charge on any atom is -0.494 e. The van der Waals surface area contributed by atoms with Crippen molar-refractivity contribution in [2.45, 2.75) is 45.2 Å². The molecule has 1 atom stereocenters. The van der Waals surface area contributed by atoms with Crippen LogP contribution in [-0.2, 0) is 10.3 Å². The molecule has 0 aromatic heterocycles. The SMILES string of the molecule is CCOc1ccc(C2(CC)NC(=O)N(CC(C)(C)N)C2=O)cc1. The molecule has 23 heavy (non-hydrogen) atoms. The summed E-state index contributed by atoms with van der Waals surface area (Å²) in [5, 5.41) is 2.85. The maximum absolute atomic E-state index is 12.9. The van der Waals surface area contributed by atoms with Crippen LogP contribution in [0.3, 0.4) is 0 Å². The third kappa shape index (κ3) is 3.32. The summed E-state index contributed by atoms with van der Waals surface area (Å²) < 4.78 is 5.43. The Labute approximate surface area is 137 Å². The number of nitrogens with one attached hydrogen (secondary N) is 1. The molecule has 1 unspecified atom stereocenters. The largest absolute Gasteiger partial charge is 0.494 e. The Hall–Kier alpha value is -2.08. The first-order valence-corrected chi connectivity index (χ1v) is 7.90. The zero-order valence-electron chi connectivity index (χ0n) is 14.2. The smallest absolute Gasteiger partial charge is 0.325 e. The van der Waals surface area contributed by atoms with Gasteiger partial charge in [0, 0.05) is 12.1 Å². The van der Waals surface area contributed by atoms with E-state index in [2.05, 4.69) is 5.32 Å². The second-order valence-corrected chi connectivity index (χ2v) is 6.53. The number of hydrogen-bond donors (Lipinski definition) is 2. The molecule has 1 aromatic rings. The van der Waals surface area contributed by atoms with Crippen molar-refractivity contribution < 1.29 is 14.3 Å². The fourth-order valence-electron chi connectivity index (χ4n) is 2.82. The molecule has 1 aliphatic rings. The van der Waals surface area contributed by atoms with Gasteiger partial charge in [0.05, 0.1) is 6.61 Å². The second kappa shape index (κ2) is 6.20. The molecule has 0 bridgehead atoms. The molecule has 126 valence electrons. The van der Waals surface area contributed by atoms with Gasteiger partial charge in [0.15, 0.2) is 0 Å². The third-order valence-electron chi connectivity index (χ3n) is 3.93. The highest BCUT2D eigenvalue weighted by Crippen LogP contribution is 2.33. The Morgan fingerprint density at radius 1 is 1.22 bits per heavy atom. The van der Waals surface area contributed by atoms with Crippen molar-refractivity contribution in [3.8, 4) is 5.75 Å². The van der Waals surface area contributed by atoms with Crippen molar-refractivity contribution in [3.63, 3.8) is 0 Å². The molecule has 1 aromatic carbocycles. The van der Waals surface area contributed by atoms with E-state index < -0.39 is 17.1 Å². The molecule has 6 heteroatoms. The monoisotopic (exact) mass is 319 g/mol. The van der Waals surface area contributed by atoms with Gasteiger partial charge in [-0.25, -0.2) is 4.79 Å². The van der Waals surface area contributed by atoms with Crippen LogP contribution in [0.5, 0.6) is 5.75 Å². The Morgan fingerprint density at radius 2 is 1.83 bits per heavy atom. The molecule has 0 aliphatic carbocycles. The quantitative estimate of drug-likeness (QED) is 0.785. The highest BCUT2D eigenvalue weighted by molar-refractivity contribution is 6.07. The summed E-state index contributed by atoms with van der Waals surface area (Å²) in [6.45, 7) is 8.12. The minimum absolute atomic E-state index is 0.177. The van der Waals surface area contributed by atoms with Crippen LogP contribution in [-0.4, -0.2) is 35.5 Å². The maximum atomic E-state index is 12.9. The van der Waals surface area contributed by atoms with Crippen molar-refractivity contribution in [2.75, 3.05) is 13.2 Å². The van der Waals surface area contributed by atoms with Crippen LogP contribution in [0.1, 0.15) is 39.7 Å². The molecule has 1 saturated heterocycles. The van der Waals surface area contributed by atoms with Crippen LogP contribution in [0, 0.1) is 0 Å². The van der Waals surface area contributed by atoms with E-state index in [1.807, 2.05) is 38.1 Å². The summed E-state index contributed by atoms with van der Waals surface area (Å²) in [7, 11) is 0. The Kier molecular flexibility index (Phi) is 4.66. The Bertz CT molecular complexity index is 592. The van der Waals surface area contributed by atoms with Gasteiger partial charge in [0.1, 0.15) is 11.3 Å². The Morgan fingerprint density at radius 3 is 2.30 bits per heavy atom. The minimum atomic E-state index is -1.03. The van der Waals surface area contributed by atoms with E-state index in [1.165, 1.54) is 4.90 Å². The van der Waals surface area contributed by atoms with Crippen molar-refractivity contribution in [1.82, 2.24) is 10.2 Å². The van der Waals surface area contributed by atoms with Crippen LogP contribution >= 0.6 is 0 Å². The molecule has 0 radical (unpaired) electrons. The number of carbonyl (C=O) groups excluding carboxylic acids is 2. The van der Waals surface area contributed by atoms with E-state index >= 15 is 0 Å². The average molecular weight is 319 g/mol. The molecular weight excluding hydrogens is 294 g/mol. The normalized spacial score (nSPS) is 21.5. The predicted molar refractivity (Wildman–Crippen MR) is 88.1 cm³/mol. The molecule has 3 N–H and O–H groups in total. The van der Waals surface area contributed by atoms with Gasteiger partial charge in [-0.05, 0) is 44.9 Å². The van der Waals surface area contributed by atoms with Gasteiger partial charge in [0.2, 0.25) is 0 Å². The van der Waals surface area contributed by atoms with Gasteiger partial charge in [-0.1, -0.05) is 19.1 Å². The fraction of sp³-hybridized carbons (Fsp3) is 0.529. The Balaban J connectivity index is 2.34. The topological polar surface area (TPSA) is 84.7 Å². The van der Waals surface area contributed by atoms with Crippen LogP contribution in [0.2, 0.25) is 0 Å². The number of rotatable bonds is 6. The van der Waals surface area contributed by atoms with E-state index in [0.717, 1.165) is 11.3 Å². The molecule has 6 nitrogen and oxygen atoms in total. The first-order valence-electron chi connectivity index (χ1n) is 7.90. The lowest BCUT2D eigenvalue weighted by molar-refractivity contribution is -0.132. The molecule has 3 amide bonds. The summed E-state index contributed by atoms with van der Waals surface area (Å²) in [5.41, 5.74) is 5.04. The maximum Gasteiger partial charge on any atom is 0.325 e. The molecule has 0 saturated carbocycles. The fourth-order valence-corrected chi connectivity index (χ4v) is 2.82. The number of imide groups is 1. The van der Waals surface area contributed by atoms with Crippen molar-refractivity contribution in [3.05, 3.63) is 29.8 Å². The van der Waals surface area contributed by atoms with Gasteiger partial charge < -0.3 is 15.8 Å². The first kappa shape index (κ1) is 17.3. The number of ether oxygens (including phenoxy) is 1. The summed E-state index contributed by atoms with van der Waals surface area (Å²) >= 11 is 0. The standard InChI is InChI=1S/C17H25N3O3/c1-5-17(12-7-9-13(10-8-12)23-6-2)14(21)20(15(22)19-17)11-16(3,4)18/h7-10H,5-6,11,18H2,1-4H3,(H,19,22). The van der Waals surface area contributed by atoms with Crippen molar-refractivity contribution in [2.24, 2.45) is 5.73 Å². The zero-order valence-corrected chi connectivity index (χ0v) is 14.2. The summed E-state index contributed by atoms with van der Waals surface area (Å²) in [5.74, 6) is 0.479.